The number of imidazole rings is 1. The number of carbonyl (C=O) groups is 1. The van der Waals surface area contributed by atoms with Gasteiger partial charge in [-0.25, -0.2) is 9.50 Å². The Bertz CT molecular complexity index is 1580. The van der Waals surface area contributed by atoms with E-state index in [9.17, 15) is 4.79 Å². The second-order valence-corrected chi connectivity index (χ2v) is 11.0. The molecule has 1 aliphatic carbocycles. The third kappa shape index (κ3) is 5.63. The van der Waals surface area contributed by atoms with Crippen LogP contribution in [0, 0.1) is 5.92 Å². The Morgan fingerprint density at radius 2 is 1.92 bits per heavy atom. The highest BCUT2D eigenvalue weighted by molar-refractivity contribution is 7.18. The number of hydrogen-bond donors (Lipinski definition) is 0. The van der Waals surface area contributed by atoms with Crippen molar-refractivity contribution in [2.45, 2.75) is 51.6 Å². The summed E-state index contributed by atoms with van der Waals surface area (Å²) in [6.07, 6.45) is 9.18. The maximum Gasteiger partial charge on any atom is 0.294 e. The molecule has 1 aliphatic rings. The number of ketones is 1. The number of hydrogen-bond acceptors (Lipinski definition) is 8. The van der Waals surface area contributed by atoms with Crippen LogP contribution in [0.25, 0.3) is 27.4 Å². The quantitative estimate of drug-likeness (QED) is 0.189. The lowest BCUT2D eigenvalue weighted by molar-refractivity contribution is -0.119. The van der Waals surface area contributed by atoms with E-state index in [4.69, 9.17) is 18.6 Å². The van der Waals surface area contributed by atoms with Crippen molar-refractivity contribution in [3.05, 3.63) is 59.8 Å². The Morgan fingerprint density at radius 1 is 1.08 bits per heavy atom. The van der Waals surface area contributed by atoms with Gasteiger partial charge in [0, 0.05) is 25.0 Å². The molecule has 202 valence electrons. The van der Waals surface area contributed by atoms with E-state index in [1.165, 1.54) is 43.4 Å². The van der Waals surface area contributed by atoms with E-state index in [0.29, 0.717) is 69.8 Å². The number of methoxy groups -OCH3 is 2. The van der Waals surface area contributed by atoms with Crippen LogP contribution < -0.4 is 14.2 Å². The van der Waals surface area contributed by atoms with Gasteiger partial charge >= 0.3 is 0 Å². The number of carbonyl (C=O) groups excluding carboxylic acids is 1. The lowest BCUT2D eigenvalue weighted by Crippen LogP contribution is -2.13. The van der Waals surface area contributed by atoms with Gasteiger partial charge in [0.05, 0.1) is 25.8 Å². The van der Waals surface area contributed by atoms with Gasteiger partial charge in [-0.15, -0.1) is 5.10 Å². The molecular formula is C30H31N3O5S. The lowest BCUT2D eigenvalue weighted by Gasteiger charge is -2.20. The molecule has 9 heteroatoms. The summed E-state index contributed by atoms with van der Waals surface area (Å²) in [7, 11) is 3.20. The number of fused-ring (bicyclic) bond motifs is 2. The predicted molar refractivity (Wildman–Crippen MR) is 150 cm³/mol. The number of nitrogens with zero attached hydrogens (tertiary/aromatic N) is 3. The number of rotatable bonds is 10. The molecule has 3 aromatic heterocycles. The first-order valence-electron chi connectivity index (χ1n) is 13.3. The number of furan rings is 1. The van der Waals surface area contributed by atoms with Crippen LogP contribution in [-0.4, -0.2) is 34.6 Å². The molecule has 2 aromatic carbocycles. The maximum absolute atomic E-state index is 12.7. The van der Waals surface area contributed by atoms with Crippen molar-refractivity contribution in [3.8, 4) is 28.1 Å². The van der Waals surface area contributed by atoms with Crippen LogP contribution in [0.4, 0.5) is 0 Å². The van der Waals surface area contributed by atoms with Crippen molar-refractivity contribution in [1.29, 1.82) is 0 Å². The van der Waals surface area contributed by atoms with Crippen LogP contribution in [0.3, 0.4) is 0 Å². The molecule has 0 spiro atoms. The van der Waals surface area contributed by atoms with Gasteiger partial charge in [0.25, 0.3) is 5.19 Å². The van der Waals surface area contributed by atoms with E-state index in [0.717, 1.165) is 16.5 Å². The van der Waals surface area contributed by atoms with Crippen molar-refractivity contribution in [2.75, 3.05) is 14.2 Å². The zero-order valence-corrected chi connectivity index (χ0v) is 23.0. The second-order valence-electron chi connectivity index (χ2n) is 10.1. The average Bonchev–Trinajstić information content (AvgIpc) is 3.65. The van der Waals surface area contributed by atoms with E-state index in [-0.39, 0.29) is 0 Å². The molecule has 0 radical (unpaired) electrons. The smallest absolute Gasteiger partial charge is 0.294 e. The monoisotopic (exact) mass is 545 g/mol. The summed E-state index contributed by atoms with van der Waals surface area (Å²) >= 11 is 1.36. The maximum atomic E-state index is 12.7. The molecule has 39 heavy (non-hydrogen) atoms. The molecule has 0 unspecified atom stereocenters. The van der Waals surface area contributed by atoms with E-state index in [1.807, 2.05) is 42.6 Å². The van der Waals surface area contributed by atoms with Gasteiger partial charge in [0.15, 0.2) is 5.76 Å². The first kappa shape index (κ1) is 25.4. The molecule has 1 fully saturated rings. The third-order valence-corrected chi connectivity index (χ3v) is 8.17. The molecule has 0 amide bonds. The summed E-state index contributed by atoms with van der Waals surface area (Å²) in [6, 6.07) is 13.7. The highest BCUT2D eigenvalue weighted by Gasteiger charge is 2.19. The zero-order chi connectivity index (χ0) is 26.8. The summed E-state index contributed by atoms with van der Waals surface area (Å²) in [4.78, 5) is 18.1. The summed E-state index contributed by atoms with van der Waals surface area (Å²) in [5.41, 5.74) is 3.35. The Labute approximate surface area is 230 Å². The molecule has 6 rings (SSSR count). The highest BCUT2D eigenvalue weighted by Crippen LogP contribution is 2.37. The van der Waals surface area contributed by atoms with Crippen molar-refractivity contribution in [1.82, 2.24) is 14.6 Å². The number of aromatic nitrogens is 3. The first-order valence-corrected chi connectivity index (χ1v) is 14.1. The van der Waals surface area contributed by atoms with Crippen LogP contribution in [-0.2, 0) is 17.8 Å². The first-order chi connectivity index (χ1) is 19.1. The van der Waals surface area contributed by atoms with Gasteiger partial charge in [-0.05, 0) is 34.4 Å². The standard InChI is InChI=1S/C30H31N3O5S/c1-35-23-14-26(24-16-28(38-27(24)15-23)25-17-33-29(31-25)39-30(32-33)36-2)37-18-21-10-6-9-20(11-21)13-22(34)12-19-7-4-3-5-8-19/h6,9-11,14-17,19H,3-5,7-8,12-13,18H2,1-2H3. The summed E-state index contributed by atoms with van der Waals surface area (Å²) < 4.78 is 24.8. The minimum atomic E-state index is 0.327. The van der Waals surface area contributed by atoms with E-state index < -0.39 is 0 Å². The van der Waals surface area contributed by atoms with E-state index in [1.54, 1.807) is 18.7 Å². The zero-order valence-electron chi connectivity index (χ0n) is 22.1. The van der Waals surface area contributed by atoms with Crippen molar-refractivity contribution in [3.63, 3.8) is 0 Å². The van der Waals surface area contributed by atoms with Crippen LogP contribution >= 0.6 is 11.3 Å². The summed E-state index contributed by atoms with van der Waals surface area (Å²) in [5, 5.41) is 5.71. The normalized spacial score (nSPS) is 14.2. The van der Waals surface area contributed by atoms with Crippen LogP contribution in [0.1, 0.15) is 49.7 Å². The van der Waals surface area contributed by atoms with E-state index in [2.05, 4.69) is 16.1 Å². The lowest BCUT2D eigenvalue weighted by atomic mass is 9.85. The van der Waals surface area contributed by atoms with Crippen LogP contribution in [0.2, 0.25) is 0 Å². The van der Waals surface area contributed by atoms with Gasteiger partial charge in [-0.2, -0.15) is 0 Å². The topological polar surface area (TPSA) is 88.1 Å². The molecule has 1 saturated carbocycles. The minimum absolute atomic E-state index is 0.327. The average molecular weight is 546 g/mol. The van der Waals surface area contributed by atoms with Crippen LogP contribution in [0.5, 0.6) is 16.7 Å². The molecular weight excluding hydrogens is 514 g/mol. The summed E-state index contributed by atoms with van der Waals surface area (Å²) in [6.45, 7) is 0.358. The Morgan fingerprint density at radius 3 is 2.72 bits per heavy atom. The van der Waals surface area contributed by atoms with Gasteiger partial charge in [-0.1, -0.05) is 56.4 Å². The number of Topliss-reactive ketones (excluding diaryl/α,β-unsaturated/α-hetero) is 1. The summed E-state index contributed by atoms with van der Waals surface area (Å²) in [5.74, 6) is 2.79. The fourth-order valence-electron chi connectivity index (χ4n) is 5.33. The molecule has 8 nitrogen and oxygen atoms in total. The molecule has 5 aromatic rings. The molecule has 3 heterocycles. The Kier molecular flexibility index (Phi) is 7.24. The molecule has 0 atom stereocenters. The minimum Gasteiger partial charge on any atom is -0.496 e. The van der Waals surface area contributed by atoms with Gasteiger partial charge in [-0.3, -0.25) is 4.79 Å². The third-order valence-electron chi connectivity index (χ3n) is 7.29. The fraction of sp³-hybridized carbons (Fsp3) is 0.367. The Balaban J connectivity index is 1.18. The number of ether oxygens (including phenoxy) is 3. The predicted octanol–water partition coefficient (Wildman–Crippen LogP) is 6.88. The molecule has 0 aliphatic heterocycles. The Hall–Kier alpha value is -3.85. The molecule has 0 bridgehead atoms. The molecule has 0 N–H and O–H groups in total. The van der Waals surface area contributed by atoms with E-state index >= 15 is 0 Å². The van der Waals surface area contributed by atoms with Crippen molar-refractivity contribution in [2.24, 2.45) is 5.92 Å². The van der Waals surface area contributed by atoms with Gasteiger partial charge in [0.2, 0.25) is 4.96 Å². The van der Waals surface area contributed by atoms with Crippen molar-refractivity contribution < 1.29 is 23.4 Å². The fourth-order valence-corrected chi connectivity index (χ4v) is 6.03. The second kappa shape index (κ2) is 11.1. The number of benzene rings is 2. The van der Waals surface area contributed by atoms with Gasteiger partial charge in [0.1, 0.15) is 35.2 Å². The van der Waals surface area contributed by atoms with Crippen LogP contribution in [0.15, 0.2) is 53.1 Å². The molecule has 0 saturated heterocycles. The van der Waals surface area contributed by atoms with Crippen molar-refractivity contribution >= 4 is 33.1 Å². The van der Waals surface area contributed by atoms with Gasteiger partial charge < -0.3 is 18.6 Å². The largest absolute Gasteiger partial charge is 0.496 e. The SMILES string of the molecule is COc1cc(OCc2cccc(CC(=O)CC3CCCCC3)c2)c2cc(-c3cn4nc(OC)sc4n3)oc2c1. The highest BCUT2D eigenvalue weighted by atomic mass is 32.1.